The lowest BCUT2D eigenvalue weighted by atomic mass is 9.99. The second-order valence-corrected chi connectivity index (χ2v) is 5.52. The lowest BCUT2D eigenvalue weighted by Crippen LogP contribution is -2.04. The Balaban J connectivity index is 1.78. The number of rotatable bonds is 3. The quantitative estimate of drug-likeness (QED) is 0.743. The van der Waals surface area contributed by atoms with Gasteiger partial charge in [-0.2, -0.15) is 0 Å². The first-order valence-corrected chi connectivity index (χ1v) is 6.83. The van der Waals surface area contributed by atoms with E-state index in [0.717, 1.165) is 12.0 Å². The summed E-state index contributed by atoms with van der Waals surface area (Å²) in [5, 5.41) is 0. The van der Waals surface area contributed by atoms with E-state index in [1.807, 2.05) is 36.4 Å². The molecule has 2 unspecified atom stereocenters. The Morgan fingerprint density at radius 3 is 2.42 bits per heavy atom. The summed E-state index contributed by atoms with van der Waals surface area (Å²) in [5.41, 5.74) is 4.60. The van der Waals surface area contributed by atoms with E-state index in [1.165, 1.54) is 16.7 Å². The van der Waals surface area contributed by atoms with Crippen LogP contribution in [0.15, 0.2) is 48.5 Å². The summed E-state index contributed by atoms with van der Waals surface area (Å²) in [7, 11) is 0. The smallest absolute Gasteiger partial charge is 0.166 e. The SMILES string of the molecule is Cc1ccc(C(=O)C2CC2c2ccccc2)cc1C. The topological polar surface area (TPSA) is 17.1 Å². The van der Waals surface area contributed by atoms with Crippen LogP contribution in [0.25, 0.3) is 0 Å². The molecule has 1 fully saturated rings. The Bertz CT molecular complexity index is 613. The molecular formula is C18H18O. The van der Waals surface area contributed by atoms with Gasteiger partial charge in [-0.1, -0.05) is 42.5 Å². The molecule has 0 heterocycles. The van der Waals surface area contributed by atoms with E-state index < -0.39 is 0 Å². The van der Waals surface area contributed by atoms with E-state index in [2.05, 4.69) is 26.0 Å². The van der Waals surface area contributed by atoms with Gasteiger partial charge in [0.15, 0.2) is 5.78 Å². The average molecular weight is 250 g/mol. The minimum absolute atomic E-state index is 0.185. The molecule has 3 rings (SSSR count). The fraction of sp³-hybridized carbons (Fsp3) is 0.278. The van der Waals surface area contributed by atoms with Crippen molar-refractivity contribution in [1.82, 2.24) is 0 Å². The summed E-state index contributed by atoms with van der Waals surface area (Å²) in [6, 6.07) is 16.4. The van der Waals surface area contributed by atoms with Gasteiger partial charge in [0.05, 0.1) is 0 Å². The number of aryl methyl sites for hydroxylation is 2. The van der Waals surface area contributed by atoms with Gasteiger partial charge in [-0.15, -0.1) is 0 Å². The zero-order valence-electron chi connectivity index (χ0n) is 11.4. The number of hydrogen-bond donors (Lipinski definition) is 0. The number of hydrogen-bond acceptors (Lipinski definition) is 1. The van der Waals surface area contributed by atoms with E-state index in [1.54, 1.807) is 0 Å². The highest BCUT2D eigenvalue weighted by Gasteiger charge is 2.43. The van der Waals surface area contributed by atoms with Crippen LogP contribution in [0.5, 0.6) is 0 Å². The van der Waals surface area contributed by atoms with Crippen molar-refractivity contribution in [3.05, 3.63) is 70.8 Å². The molecule has 0 spiro atoms. The van der Waals surface area contributed by atoms with Gasteiger partial charge in [0.25, 0.3) is 0 Å². The highest BCUT2D eigenvalue weighted by molar-refractivity contribution is 6.00. The van der Waals surface area contributed by atoms with Crippen molar-refractivity contribution in [2.75, 3.05) is 0 Å². The highest BCUT2D eigenvalue weighted by Crippen LogP contribution is 2.49. The molecule has 1 aliphatic carbocycles. The summed E-state index contributed by atoms with van der Waals surface area (Å²) < 4.78 is 0. The summed E-state index contributed by atoms with van der Waals surface area (Å²) in [5.74, 6) is 0.914. The average Bonchev–Trinajstić information content (AvgIpc) is 3.22. The molecule has 0 radical (unpaired) electrons. The maximum atomic E-state index is 12.5. The number of ketones is 1. The molecule has 0 bridgehead atoms. The Labute approximate surface area is 114 Å². The van der Waals surface area contributed by atoms with Gasteiger partial charge in [0.2, 0.25) is 0 Å². The zero-order valence-corrected chi connectivity index (χ0v) is 11.4. The monoisotopic (exact) mass is 250 g/mol. The predicted octanol–water partition coefficient (Wildman–Crippen LogP) is 4.29. The minimum Gasteiger partial charge on any atom is -0.294 e. The van der Waals surface area contributed by atoms with Crippen LogP contribution >= 0.6 is 0 Å². The number of carbonyl (C=O) groups excluding carboxylic acids is 1. The number of Topliss-reactive ketones (excluding diaryl/α,β-unsaturated/α-hetero) is 1. The molecule has 1 saturated carbocycles. The first-order valence-electron chi connectivity index (χ1n) is 6.83. The molecule has 0 aliphatic heterocycles. The van der Waals surface area contributed by atoms with Crippen LogP contribution in [0.2, 0.25) is 0 Å². The molecule has 2 aromatic carbocycles. The van der Waals surface area contributed by atoms with Crippen LogP contribution in [-0.4, -0.2) is 5.78 Å². The van der Waals surface area contributed by atoms with Crippen LogP contribution in [0.3, 0.4) is 0 Å². The molecule has 0 aromatic heterocycles. The predicted molar refractivity (Wildman–Crippen MR) is 77.5 cm³/mol. The summed E-state index contributed by atoms with van der Waals surface area (Å²) in [6.45, 7) is 4.14. The molecule has 0 amide bonds. The fourth-order valence-electron chi connectivity index (χ4n) is 2.66. The Morgan fingerprint density at radius 1 is 1.00 bits per heavy atom. The van der Waals surface area contributed by atoms with Crippen LogP contribution in [0, 0.1) is 19.8 Å². The van der Waals surface area contributed by atoms with Crippen molar-refractivity contribution < 1.29 is 4.79 Å². The van der Waals surface area contributed by atoms with E-state index in [0.29, 0.717) is 11.7 Å². The van der Waals surface area contributed by atoms with Gasteiger partial charge in [0.1, 0.15) is 0 Å². The second kappa shape index (κ2) is 4.65. The number of carbonyl (C=O) groups is 1. The van der Waals surface area contributed by atoms with Gasteiger partial charge in [-0.25, -0.2) is 0 Å². The molecule has 0 N–H and O–H groups in total. The molecule has 2 atom stereocenters. The van der Waals surface area contributed by atoms with Gasteiger partial charge in [-0.3, -0.25) is 4.79 Å². The van der Waals surface area contributed by atoms with Crippen LogP contribution in [0.4, 0.5) is 0 Å². The minimum atomic E-state index is 0.185. The third kappa shape index (κ3) is 2.33. The van der Waals surface area contributed by atoms with Gasteiger partial charge in [0, 0.05) is 11.5 Å². The van der Waals surface area contributed by atoms with E-state index in [9.17, 15) is 4.79 Å². The van der Waals surface area contributed by atoms with Crippen LogP contribution < -0.4 is 0 Å². The molecule has 19 heavy (non-hydrogen) atoms. The maximum Gasteiger partial charge on any atom is 0.166 e. The summed E-state index contributed by atoms with van der Waals surface area (Å²) in [6.07, 6.45) is 0.996. The molecule has 1 nitrogen and oxygen atoms in total. The van der Waals surface area contributed by atoms with Crippen molar-refractivity contribution in [3.8, 4) is 0 Å². The molecular weight excluding hydrogens is 232 g/mol. The van der Waals surface area contributed by atoms with Crippen molar-refractivity contribution >= 4 is 5.78 Å². The molecule has 96 valence electrons. The Hall–Kier alpha value is -1.89. The van der Waals surface area contributed by atoms with E-state index in [4.69, 9.17) is 0 Å². The molecule has 1 heteroatoms. The highest BCUT2D eigenvalue weighted by atomic mass is 16.1. The van der Waals surface area contributed by atoms with Crippen molar-refractivity contribution in [1.29, 1.82) is 0 Å². The van der Waals surface area contributed by atoms with Crippen molar-refractivity contribution in [2.24, 2.45) is 5.92 Å². The standard InChI is InChI=1S/C18H18O/c1-12-8-9-15(10-13(12)2)18(19)17-11-16(17)14-6-4-3-5-7-14/h3-10,16-17H,11H2,1-2H3. The fourth-order valence-corrected chi connectivity index (χ4v) is 2.66. The first kappa shape index (κ1) is 12.2. The lowest BCUT2D eigenvalue weighted by molar-refractivity contribution is 0.0965. The van der Waals surface area contributed by atoms with Crippen molar-refractivity contribution in [2.45, 2.75) is 26.2 Å². The largest absolute Gasteiger partial charge is 0.294 e. The molecule has 0 saturated heterocycles. The Kier molecular flexibility index (Phi) is 2.98. The van der Waals surface area contributed by atoms with Crippen LogP contribution in [-0.2, 0) is 0 Å². The third-order valence-corrected chi connectivity index (χ3v) is 4.15. The lowest BCUT2D eigenvalue weighted by Gasteiger charge is -2.04. The van der Waals surface area contributed by atoms with Gasteiger partial charge < -0.3 is 0 Å². The van der Waals surface area contributed by atoms with Crippen molar-refractivity contribution in [3.63, 3.8) is 0 Å². The van der Waals surface area contributed by atoms with E-state index in [-0.39, 0.29) is 5.92 Å². The van der Waals surface area contributed by atoms with Gasteiger partial charge >= 0.3 is 0 Å². The summed E-state index contributed by atoms with van der Waals surface area (Å²) in [4.78, 5) is 12.5. The maximum absolute atomic E-state index is 12.5. The molecule has 2 aromatic rings. The van der Waals surface area contributed by atoms with Gasteiger partial charge in [-0.05, 0) is 48.9 Å². The zero-order chi connectivity index (χ0) is 13.4. The Morgan fingerprint density at radius 2 is 1.74 bits per heavy atom. The molecule has 1 aliphatic rings. The normalized spacial score (nSPS) is 21.2. The third-order valence-electron chi connectivity index (χ3n) is 4.15. The second-order valence-electron chi connectivity index (χ2n) is 5.52. The first-order chi connectivity index (χ1) is 9.16. The summed E-state index contributed by atoms with van der Waals surface area (Å²) >= 11 is 0. The number of benzene rings is 2. The van der Waals surface area contributed by atoms with E-state index >= 15 is 0 Å². The van der Waals surface area contributed by atoms with Crippen LogP contribution in [0.1, 0.15) is 39.4 Å².